The van der Waals surface area contributed by atoms with Gasteiger partial charge in [0.05, 0.1) is 0 Å². The van der Waals surface area contributed by atoms with E-state index in [1.807, 2.05) is 0 Å². The van der Waals surface area contributed by atoms with Crippen LogP contribution >= 0.6 is 0 Å². The Morgan fingerprint density at radius 2 is 2.71 bits per heavy atom. The van der Waals surface area contributed by atoms with Gasteiger partial charge in [-0.3, -0.25) is 0 Å². The molecule has 0 nitrogen and oxygen atoms in total. The number of alkyl halides is 1. The summed E-state index contributed by atoms with van der Waals surface area (Å²) < 4.78 is 14.8. The predicted molar refractivity (Wildman–Crippen MR) is 31.8 cm³/mol. The van der Waals surface area contributed by atoms with E-state index in [2.05, 4.69) is 0 Å². The molecule has 0 rings (SSSR count). The van der Waals surface area contributed by atoms with Crippen molar-refractivity contribution >= 4 is 13.5 Å². The van der Waals surface area contributed by atoms with Gasteiger partial charge in [-0.2, -0.15) is 0 Å². The third-order valence-corrected chi connectivity index (χ3v) is 2.00. The molecule has 0 N–H and O–H groups in total. The molecule has 1 unspecified atom stereocenters. The van der Waals surface area contributed by atoms with Gasteiger partial charge in [0, 0.05) is 0 Å². The Kier molecular flexibility index (Phi) is 4.62. The van der Waals surface area contributed by atoms with Gasteiger partial charge < -0.3 is 0 Å². The van der Waals surface area contributed by atoms with Crippen LogP contribution in [0.2, 0.25) is 6.30 Å². The molecule has 0 saturated carbocycles. The molecular formula is C4H9B2I-. The van der Waals surface area contributed by atoms with Crippen LogP contribution in [0.3, 0.4) is 0 Å². The van der Waals surface area contributed by atoms with Gasteiger partial charge in [-0.25, -0.2) is 0 Å². The fourth-order valence-electron chi connectivity index (χ4n) is 0.272. The van der Waals surface area contributed by atoms with Crippen LogP contribution in [0.15, 0.2) is 0 Å². The molecule has 0 aromatic rings. The van der Waals surface area contributed by atoms with E-state index in [0.717, 1.165) is 17.3 Å². The van der Waals surface area contributed by atoms with E-state index in [-0.39, 0.29) is 21.0 Å². The second-order valence-corrected chi connectivity index (χ2v) is 3.18. The Labute approximate surface area is 61.0 Å². The Hall–Kier alpha value is 0.860. The number of rotatable bonds is 5. The molecule has 3 radical (unpaired) electrons. The van der Waals surface area contributed by atoms with E-state index in [1.165, 1.54) is 5.67 Å². The maximum absolute atomic E-state index is 6.95. The zero-order valence-electron chi connectivity index (χ0n) is 6.23. The van der Waals surface area contributed by atoms with Crippen LogP contribution in [-0.2, 0) is 0 Å². The molecule has 0 aromatic carbocycles. The molecule has 0 amide bonds. The average Bonchev–Trinajstić information content (AvgIpc) is 1.80. The van der Waals surface area contributed by atoms with Crippen LogP contribution in [0, 0.1) is 0 Å². The SMILES string of the molecule is [3H][B][I-]CCCC([3H])[B]. The molecule has 39 valence electrons. The second-order valence-electron chi connectivity index (χ2n) is 1.22. The van der Waals surface area contributed by atoms with Gasteiger partial charge in [0.25, 0.3) is 0 Å². The zero-order valence-corrected chi connectivity index (χ0v) is 6.39. The van der Waals surface area contributed by atoms with Crippen molar-refractivity contribution in [1.29, 1.82) is 1.34 Å². The van der Waals surface area contributed by atoms with E-state index in [1.54, 1.807) is 0 Å². The first-order valence-electron chi connectivity index (χ1n) is 3.38. The zero-order chi connectivity index (χ0) is 7.11. The van der Waals surface area contributed by atoms with Crippen molar-refractivity contribution in [2.75, 3.05) is 4.43 Å². The summed E-state index contributed by atoms with van der Waals surface area (Å²) in [6, 6.07) is 0. The molecule has 0 aliphatic heterocycles. The normalized spacial score (nSPS) is 17.7. The molecule has 3 heteroatoms. The van der Waals surface area contributed by atoms with Gasteiger partial charge in [-0.05, 0) is 0 Å². The molecule has 0 saturated heterocycles. The quantitative estimate of drug-likeness (QED) is 0.200. The molecular weight excluding hydrogens is 197 g/mol. The fraction of sp³-hybridized carbons (Fsp3) is 1.00. The van der Waals surface area contributed by atoms with Gasteiger partial charge >= 0.3 is 60.8 Å². The van der Waals surface area contributed by atoms with Crippen molar-refractivity contribution in [2.45, 2.75) is 19.1 Å². The number of halogens is 1. The van der Waals surface area contributed by atoms with E-state index >= 15 is 0 Å². The van der Waals surface area contributed by atoms with E-state index < -0.39 is 6.30 Å². The molecule has 1 atom stereocenters. The molecule has 7 heavy (non-hydrogen) atoms. The van der Waals surface area contributed by atoms with Crippen molar-refractivity contribution < 1.29 is 22.4 Å². The van der Waals surface area contributed by atoms with Gasteiger partial charge in [0.15, 0.2) is 0 Å². The minimum absolute atomic E-state index is 0.00121. The standard InChI is InChI=1S/C4H9B2I/c5-3-1-2-4-7-6/h6H,1-4H2/q-1/i3T,6T. The van der Waals surface area contributed by atoms with Gasteiger partial charge in [-0.15, -0.1) is 0 Å². The van der Waals surface area contributed by atoms with Crippen LogP contribution in [0.4, 0.5) is 0 Å². The summed E-state index contributed by atoms with van der Waals surface area (Å²) in [7, 11) is 5.20. The van der Waals surface area contributed by atoms with Gasteiger partial charge in [0.1, 0.15) is 0 Å². The Balaban J connectivity index is 2.75. The summed E-state index contributed by atoms with van der Waals surface area (Å²) in [6.45, 7) is 0. The Morgan fingerprint density at radius 1 is 1.86 bits per heavy atom. The van der Waals surface area contributed by atoms with E-state index in [0.29, 0.717) is 0 Å². The summed E-state index contributed by atoms with van der Waals surface area (Å²) in [5.41, 5.74) is 1.51. The number of hydrogen-bond acceptors (Lipinski definition) is 0. The summed E-state index contributed by atoms with van der Waals surface area (Å²) >= 11 is -0.00121. The molecule has 0 aromatic heterocycles. The molecule has 0 spiro atoms. The van der Waals surface area contributed by atoms with Crippen molar-refractivity contribution in [3.05, 3.63) is 0 Å². The third kappa shape index (κ3) is 6.86. The first-order valence-corrected chi connectivity index (χ1v) is 5.00. The van der Waals surface area contributed by atoms with E-state index in [4.69, 9.17) is 10.6 Å². The average molecular weight is 210 g/mol. The Bertz CT molecular complexity index is 62.5. The topological polar surface area (TPSA) is 0 Å². The van der Waals surface area contributed by atoms with Gasteiger partial charge in [0.2, 0.25) is 0 Å². The van der Waals surface area contributed by atoms with Crippen molar-refractivity contribution in [1.82, 2.24) is 0 Å². The monoisotopic (exact) mass is 210 g/mol. The van der Waals surface area contributed by atoms with Crippen LogP contribution in [0.25, 0.3) is 0 Å². The van der Waals surface area contributed by atoms with Crippen LogP contribution in [0.1, 0.15) is 14.2 Å². The second kappa shape index (κ2) is 6.86. The predicted octanol–water partition coefficient (Wildman–Crippen LogP) is -2.74. The van der Waals surface area contributed by atoms with Crippen molar-refractivity contribution in [3.63, 3.8) is 0 Å². The molecule has 0 aliphatic carbocycles. The fourth-order valence-corrected chi connectivity index (χ4v) is 1.15. The van der Waals surface area contributed by atoms with Crippen molar-refractivity contribution in [2.24, 2.45) is 0 Å². The summed E-state index contributed by atoms with van der Waals surface area (Å²) in [4.78, 5) is 0. The van der Waals surface area contributed by atoms with Crippen molar-refractivity contribution in [3.8, 4) is 0 Å². The van der Waals surface area contributed by atoms with Crippen LogP contribution in [0.5, 0.6) is 0 Å². The van der Waals surface area contributed by atoms with Crippen LogP contribution in [-0.4, -0.2) is 19.3 Å². The minimum atomic E-state index is -0.403. The third-order valence-electron chi connectivity index (χ3n) is 0.614. The maximum atomic E-state index is 6.95. The first kappa shape index (κ1) is 4.71. The summed E-state index contributed by atoms with van der Waals surface area (Å²) in [5.74, 6) is 0. The Morgan fingerprint density at radius 3 is 3.29 bits per heavy atom. The summed E-state index contributed by atoms with van der Waals surface area (Å²) in [5, 5.41) is 0. The van der Waals surface area contributed by atoms with Crippen LogP contribution < -0.4 is 21.0 Å². The molecule has 0 fully saturated rings. The molecule has 0 aliphatic rings. The first-order chi connectivity index (χ1) is 4.27. The van der Waals surface area contributed by atoms with Gasteiger partial charge in [-0.1, -0.05) is 0 Å². The summed E-state index contributed by atoms with van der Waals surface area (Å²) in [6.07, 6.45) is 1.40. The molecule has 0 heterocycles. The number of hydrogen-bond donors (Lipinski definition) is 0. The van der Waals surface area contributed by atoms with E-state index in [9.17, 15) is 0 Å². The molecule has 0 bridgehead atoms.